The minimum absolute atomic E-state index is 0.247. The molecule has 0 aliphatic rings. The second-order valence-electron chi connectivity index (χ2n) is 4.00. The molecule has 2 aromatic rings. The van der Waals surface area contributed by atoms with Crippen LogP contribution in [0.2, 0.25) is 0 Å². The molecule has 3 heteroatoms. The summed E-state index contributed by atoms with van der Waals surface area (Å²) >= 11 is 1.66. The molecule has 0 spiro atoms. The normalized spacial score (nSPS) is 9.20. The first-order valence-corrected chi connectivity index (χ1v) is 7.16. The summed E-state index contributed by atoms with van der Waals surface area (Å²) in [7, 11) is 0. The van der Waals surface area contributed by atoms with Crippen LogP contribution in [0.3, 0.4) is 0 Å². The van der Waals surface area contributed by atoms with Crippen molar-refractivity contribution < 1.29 is 4.79 Å². The van der Waals surface area contributed by atoms with Crippen molar-refractivity contribution in [2.45, 2.75) is 4.90 Å². The van der Waals surface area contributed by atoms with Crippen LogP contribution in [0.1, 0.15) is 21.5 Å². The third-order valence-electron chi connectivity index (χ3n) is 2.69. The van der Waals surface area contributed by atoms with Gasteiger partial charge in [-0.15, -0.1) is 11.8 Å². The van der Waals surface area contributed by atoms with E-state index in [2.05, 4.69) is 11.8 Å². The largest absolute Gasteiger partial charge is 0.279 e. The molecule has 0 N–H and O–H groups in total. The van der Waals surface area contributed by atoms with Gasteiger partial charge in [0.25, 0.3) is 0 Å². The summed E-state index contributed by atoms with van der Waals surface area (Å²) in [5.74, 6) is 5.21. The van der Waals surface area contributed by atoms with Crippen LogP contribution in [-0.4, -0.2) is 12.0 Å². The highest BCUT2D eigenvalue weighted by molar-refractivity contribution is 7.98. The van der Waals surface area contributed by atoms with Crippen LogP contribution in [0.5, 0.6) is 0 Å². The number of nitriles is 1. The van der Waals surface area contributed by atoms with Gasteiger partial charge < -0.3 is 0 Å². The fourth-order valence-electron chi connectivity index (χ4n) is 1.57. The van der Waals surface area contributed by atoms with Gasteiger partial charge in [0, 0.05) is 16.0 Å². The van der Waals surface area contributed by atoms with Gasteiger partial charge >= 0.3 is 0 Å². The number of carbonyl (C=O) groups excluding carboxylic acids is 1. The van der Waals surface area contributed by atoms with Crippen molar-refractivity contribution in [1.82, 2.24) is 0 Å². The van der Waals surface area contributed by atoms with Gasteiger partial charge in [-0.25, -0.2) is 0 Å². The summed E-state index contributed by atoms with van der Waals surface area (Å²) in [6.07, 6.45) is 2.01. The maximum absolute atomic E-state index is 11.9. The molecule has 0 aliphatic heterocycles. The van der Waals surface area contributed by atoms with E-state index in [1.165, 1.54) is 0 Å². The van der Waals surface area contributed by atoms with E-state index in [0.717, 1.165) is 10.5 Å². The van der Waals surface area contributed by atoms with Crippen molar-refractivity contribution in [2.75, 3.05) is 6.26 Å². The maximum Gasteiger partial charge on any atom is 0.236 e. The fourth-order valence-corrected chi connectivity index (χ4v) is 1.98. The topological polar surface area (TPSA) is 40.9 Å². The number of carbonyl (C=O) groups is 1. The van der Waals surface area contributed by atoms with Crippen LogP contribution < -0.4 is 0 Å². The Balaban J connectivity index is 2.14. The smallest absolute Gasteiger partial charge is 0.236 e. The molecule has 0 saturated heterocycles. The molecule has 0 fully saturated rings. The van der Waals surface area contributed by atoms with E-state index < -0.39 is 0 Å². The van der Waals surface area contributed by atoms with Crippen molar-refractivity contribution in [3.05, 3.63) is 65.2 Å². The molecule has 0 atom stereocenters. The molecular weight excluding hydrogens is 266 g/mol. The second-order valence-corrected chi connectivity index (χ2v) is 4.88. The molecule has 96 valence electrons. The first-order chi connectivity index (χ1) is 9.72. The first-order valence-electron chi connectivity index (χ1n) is 5.93. The molecule has 0 heterocycles. The third-order valence-corrected chi connectivity index (χ3v) is 3.43. The second kappa shape index (κ2) is 6.61. The Morgan fingerprint density at radius 3 is 2.15 bits per heavy atom. The highest BCUT2D eigenvalue weighted by Crippen LogP contribution is 2.14. The van der Waals surface area contributed by atoms with Gasteiger partial charge in [-0.2, -0.15) is 5.26 Å². The van der Waals surface area contributed by atoms with Gasteiger partial charge in [0.15, 0.2) is 0 Å². The highest BCUT2D eigenvalue weighted by atomic mass is 32.2. The highest BCUT2D eigenvalue weighted by Gasteiger charge is 2.01. The van der Waals surface area contributed by atoms with Crippen LogP contribution >= 0.6 is 11.8 Å². The fraction of sp³-hybridized carbons (Fsp3) is 0.0588. The van der Waals surface area contributed by atoms with Crippen molar-refractivity contribution in [2.24, 2.45) is 0 Å². The zero-order valence-electron chi connectivity index (χ0n) is 10.9. The van der Waals surface area contributed by atoms with Crippen LogP contribution in [0.25, 0.3) is 0 Å². The lowest BCUT2D eigenvalue weighted by Gasteiger charge is -1.95. The number of nitrogens with zero attached hydrogens (tertiary/aromatic N) is 1. The third kappa shape index (κ3) is 3.51. The average molecular weight is 277 g/mol. The van der Waals surface area contributed by atoms with E-state index in [4.69, 9.17) is 5.26 Å². The predicted molar refractivity (Wildman–Crippen MR) is 80.6 cm³/mol. The quantitative estimate of drug-likeness (QED) is 0.479. The monoisotopic (exact) mass is 277 g/mol. The minimum Gasteiger partial charge on any atom is -0.279 e. The average Bonchev–Trinajstić information content (AvgIpc) is 2.53. The number of hydrogen-bond acceptors (Lipinski definition) is 3. The molecule has 20 heavy (non-hydrogen) atoms. The van der Waals surface area contributed by atoms with Gasteiger partial charge in [-0.1, -0.05) is 5.92 Å². The summed E-state index contributed by atoms with van der Waals surface area (Å²) in [4.78, 5) is 13.0. The lowest BCUT2D eigenvalue weighted by Crippen LogP contribution is -1.94. The van der Waals surface area contributed by atoms with Gasteiger partial charge in [-0.05, 0) is 60.7 Å². The summed E-state index contributed by atoms with van der Waals surface area (Å²) in [6, 6.07) is 16.2. The van der Waals surface area contributed by atoms with Crippen molar-refractivity contribution in [1.29, 1.82) is 5.26 Å². The summed E-state index contributed by atoms with van der Waals surface area (Å²) in [5, 5.41) is 8.70. The van der Waals surface area contributed by atoms with Gasteiger partial charge in [0.05, 0.1) is 11.6 Å². The van der Waals surface area contributed by atoms with Gasteiger partial charge in [0.2, 0.25) is 5.78 Å². The summed E-state index contributed by atoms with van der Waals surface area (Å²) < 4.78 is 0. The lowest BCUT2D eigenvalue weighted by molar-refractivity contribution is 0.105. The Labute approximate surface area is 122 Å². The lowest BCUT2D eigenvalue weighted by atomic mass is 10.1. The van der Waals surface area contributed by atoms with E-state index in [9.17, 15) is 4.79 Å². The van der Waals surface area contributed by atoms with Crippen molar-refractivity contribution in [3.63, 3.8) is 0 Å². The number of rotatable bonds is 2. The molecule has 2 rings (SSSR count). The Morgan fingerprint density at radius 2 is 1.60 bits per heavy atom. The first kappa shape index (κ1) is 13.9. The molecular formula is C17H11NOS. The number of thioether (sulfide) groups is 1. The zero-order chi connectivity index (χ0) is 14.4. The Hall–Kier alpha value is -2.49. The van der Waals surface area contributed by atoms with Gasteiger partial charge in [-0.3, -0.25) is 4.79 Å². The molecule has 2 aromatic carbocycles. The molecule has 0 radical (unpaired) electrons. The molecule has 2 nitrogen and oxygen atoms in total. The summed E-state index contributed by atoms with van der Waals surface area (Å²) in [6.45, 7) is 0. The zero-order valence-corrected chi connectivity index (χ0v) is 11.7. The Kier molecular flexibility index (Phi) is 4.60. The molecule has 0 saturated carbocycles. The van der Waals surface area contributed by atoms with Crippen LogP contribution in [0.4, 0.5) is 0 Å². The number of Topliss-reactive ketones (excluding diaryl/α,β-unsaturated/α-hetero) is 1. The van der Waals surface area contributed by atoms with Crippen LogP contribution in [0.15, 0.2) is 53.4 Å². The van der Waals surface area contributed by atoms with E-state index in [1.807, 2.05) is 36.6 Å². The minimum atomic E-state index is -0.247. The standard InChI is InChI=1S/C17H11NOS/c1-20-16-9-4-13(5-10-16)6-11-17(19)15-7-2-14(12-18)3-8-15/h2-5,7-10H,1H3. The Bertz CT molecular complexity index is 713. The molecule has 0 unspecified atom stereocenters. The van der Waals surface area contributed by atoms with E-state index in [-0.39, 0.29) is 5.78 Å². The van der Waals surface area contributed by atoms with Crippen molar-refractivity contribution in [3.8, 4) is 17.9 Å². The van der Waals surface area contributed by atoms with E-state index >= 15 is 0 Å². The summed E-state index contributed by atoms with van der Waals surface area (Å²) in [5.41, 5.74) is 1.84. The van der Waals surface area contributed by atoms with Crippen molar-refractivity contribution >= 4 is 17.5 Å². The molecule has 0 amide bonds. The molecule has 0 aromatic heterocycles. The number of ketones is 1. The van der Waals surface area contributed by atoms with E-state index in [1.54, 1.807) is 36.0 Å². The number of benzene rings is 2. The Morgan fingerprint density at radius 1 is 1.00 bits per heavy atom. The van der Waals surface area contributed by atoms with Crippen LogP contribution in [-0.2, 0) is 0 Å². The van der Waals surface area contributed by atoms with E-state index in [0.29, 0.717) is 11.1 Å². The molecule has 0 aliphatic carbocycles. The SMILES string of the molecule is CSc1ccc(C#CC(=O)c2ccc(C#N)cc2)cc1. The predicted octanol–water partition coefficient (Wildman–Crippen LogP) is 3.51. The maximum atomic E-state index is 11.9. The number of hydrogen-bond donors (Lipinski definition) is 0. The van der Waals surface area contributed by atoms with Crippen LogP contribution in [0, 0.1) is 23.2 Å². The van der Waals surface area contributed by atoms with Gasteiger partial charge in [0.1, 0.15) is 0 Å². The molecule has 0 bridgehead atoms.